The van der Waals surface area contributed by atoms with Crippen LogP contribution in [-0.4, -0.2) is 53.6 Å². The van der Waals surface area contributed by atoms with Crippen LogP contribution >= 0.6 is 0 Å². The molecule has 1 saturated carbocycles. The highest BCUT2D eigenvalue weighted by atomic mass is 15.4. The van der Waals surface area contributed by atoms with Crippen molar-refractivity contribution in [2.75, 3.05) is 23.3 Å². The Balaban J connectivity index is 1.28. The second-order valence-corrected chi connectivity index (χ2v) is 7.41. The number of nitrogens with one attached hydrogen (secondary N) is 1. The van der Waals surface area contributed by atoms with Crippen molar-refractivity contribution in [1.82, 2.24) is 34.5 Å². The fourth-order valence-electron chi connectivity index (χ4n) is 3.50. The van der Waals surface area contributed by atoms with Crippen LogP contribution in [0.15, 0.2) is 24.7 Å². The molecule has 27 heavy (non-hydrogen) atoms. The molecule has 9 nitrogen and oxygen atoms in total. The number of aromatic nitrogens is 7. The predicted octanol–water partition coefficient (Wildman–Crippen LogP) is 1.57. The van der Waals surface area contributed by atoms with E-state index in [-0.39, 0.29) is 0 Å². The third kappa shape index (κ3) is 3.24. The van der Waals surface area contributed by atoms with E-state index in [1.54, 1.807) is 4.68 Å². The second-order valence-electron chi connectivity index (χ2n) is 7.41. The third-order valence-electron chi connectivity index (χ3n) is 5.17. The van der Waals surface area contributed by atoms with Gasteiger partial charge >= 0.3 is 0 Å². The molecule has 4 heterocycles. The predicted molar refractivity (Wildman–Crippen MR) is 101 cm³/mol. The first-order valence-electron chi connectivity index (χ1n) is 9.40. The van der Waals surface area contributed by atoms with Gasteiger partial charge in [0.2, 0.25) is 11.9 Å². The Bertz CT molecular complexity index is 955. The molecule has 1 aliphatic heterocycles. The van der Waals surface area contributed by atoms with Gasteiger partial charge in [-0.15, -0.1) is 0 Å². The summed E-state index contributed by atoms with van der Waals surface area (Å²) in [5, 5.41) is 12.3. The fraction of sp³-hybridized carbons (Fsp3) is 0.500. The molecule has 1 atom stereocenters. The molecule has 2 fully saturated rings. The van der Waals surface area contributed by atoms with Crippen molar-refractivity contribution < 1.29 is 0 Å². The van der Waals surface area contributed by atoms with Crippen LogP contribution in [-0.2, 0) is 14.1 Å². The molecule has 0 amide bonds. The fourth-order valence-corrected chi connectivity index (χ4v) is 3.50. The first kappa shape index (κ1) is 16.2. The SMILES string of the molecule is Cn1cc(-c2ccnc(N3CCC(Nc4nc(C5CC5)nn4C)C3)n2)cn1. The molecule has 9 heteroatoms. The highest BCUT2D eigenvalue weighted by Crippen LogP contribution is 2.38. The Morgan fingerprint density at radius 2 is 2.04 bits per heavy atom. The van der Waals surface area contributed by atoms with Crippen molar-refractivity contribution >= 4 is 11.9 Å². The van der Waals surface area contributed by atoms with Gasteiger partial charge in [-0.05, 0) is 25.3 Å². The van der Waals surface area contributed by atoms with Crippen LogP contribution in [0.3, 0.4) is 0 Å². The van der Waals surface area contributed by atoms with Crippen molar-refractivity contribution in [1.29, 1.82) is 0 Å². The molecule has 0 spiro atoms. The smallest absolute Gasteiger partial charge is 0.225 e. The van der Waals surface area contributed by atoms with Crippen LogP contribution < -0.4 is 10.2 Å². The lowest BCUT2D eigenvalue weighted by atomic mass is 10.2. The average molecular weight is 365 g/mol. The minimum Gasteiger partial charge on any atom is -0.350 e. The summed E-state index contributed by atoms with van der Waals surface area (Å²) in [7, 11) is 3.86. The van der Waals surface area contributed by atoms with E-state index in [9.17, 15) is 0 Å². The van der Waals surface area contributed by atoms with Crippen LogP contribution in [0.25, 0.3) is 11.3 Å². The monoisotopic (exact) mass is 365 g/mol. The van der Waals surface area contributed by atoms with E-state index in [1.807, 2.05) is 43.4 Å². The lowest BCUT2D eigenvalue weighted by Gasteiger charge is -2.17. The summed E-state index contributed by atoms with van der Waals surface area (Å²) in [5.41, 5.74) is 1.90. The maximum atomic E-state index is 4.73. The Hall–Kier alpha value is -2.97. The van der Waals surface area contributed by atoms with Crippen molar-refractivity contribution in [3.63, 3.8) is 0 Å². The lowest BCUT2D eigenvalue weighted by Crippen LogP contribution is -2.28. The Kier molecular flexibility index (Phi) is 3.80. The molecule has 3 aromatic heterocycles. The lowest BCUT2D eigenvalue weighted by molar-refractivity contribution is 0.721. The van der Waals surface area contributed by atoms with Gasteiger partial charge in [0.05, 0.1) is 11.9 Å². The van der Waals surface area contributed by atoms with Crippen LogP contribution in [0.2, 0.25) is 0 Å². The van der Waals surface area contributed by atoms with Gasteiger partial charge in [0.25, 0.3) is 0 Å². The summed E-state index contributed by atoms with van der Waals surface area (Å²) in [4.78, 5) is 16.1. The quantitative estimate of drug-likeness (QED) is 0.734. The molecule has 0 aromatic carbocycles. The molecule has 140 valence electrons. The highest BCUT2D eigenvalue weighted by molar-refractivity contribution is 5.58. The molecule has 0 bridgehead atoms. The van der Waals surface area contributed by atoms with Crippen LogP contribution in [0.1, 0.15) is 31.0 Å². The normalized spacial score (nSPS) is 19.6. The first-order valence-corrected chi connectivity index (χ1v) is 9.40. The van der Waals surface area contributed by atoms with Crippen LogP contribution in [0, 0.1) is 0 Å². The van der Waals surface area contributed by atoms with Crippen molar-refractivity contribution in [3.8, 4) is 11.3 Å². The van der Waals surface area contributed by atoms with Gasteiger partial charge in [0, 0.05) is 57.1 Å². The standard InChI is InChI=1S/C18H23N9/c1-25-10-13(9-20-25)15-5-7-19-17(22-15)27-8-6-14(11-27)21-18-23-16(12-3-4-12)24-26(18)2/h5,7,9-10,12,14H,3-4,6,8,11H2,1-2H3,(H,21,23,24). The summed E-state index contributed by atoms with van der Waals surface area (Å²) in [5.74, 6) is 3.16. The average Bonchev–Trinajstić information content (AvgIpc) is 3.07. The zero-order chi connectivity index (χ0) is 18.4. The second kappa shape index (κ2) is 6.33. The van der Waals surface area contributed by atoms with E-state index in [2.05, 4.69) is 30.4 Å². The maximum Gasteiger partial charge on any atom is 0.225 e. The molecule has 1 aliphatic carbocycles. The molecule has 1 N–H and O–H groups in total. The summed E-state index contributed by atoms with van der Waals surface area (Å²) >= 11 is 0. The van der Waals surface area contributed by atoms with Crippen molar-refractivity contribution in [2.24, 2.45) is 14.1 Å². The maximum absolute atomic E-state index is 4.73. The van der Waals surface area contributed by atoms with E-state index in [4.69, 9.17) is 4.98 Å². The minimum atomic E-state index is 0.311. The molecule has 3 aromatic rings. The van der Waals surface area contributed by atoms with Gasteiger partial charge in [-0.1, -0.05) is 0 Å². The number of aryl methyl sites for hydroxylation is 2. The van der Waals surface area contributed by atoms with Gasteiger partial charge < -0.3 is 10.2 Å². The molecular weight excluding hydrogens is 342 g/mol. The van der Waals surface area contributed by atoms with Crippen molar-refractivity contribution in [3.05, 3.63) is 30.5 Å². The van der Waals surface area contributed by atoms with E-state index >= 15 is 0 Å². The molecular formula is C18H23N9. The number of rotatable bonds is 5. The molecule has 2 aliphatic rings. The summed E-state index contributed by atoms with van der Waals surface area (Å²) in [6.07, 6.45) is 9.05. The van der Waals surface area contributed by atoms with Gasteiger partial charge in [0.15, 0.2) is 5.82 Å². The van der Waals surface area contributed by atoms with E-state index in [1.165, 1.54) is 12.8 Å². The summed E-state index contributed by atoms with van der Waals surface area (Å²) < 4.78 is 3.64. The minimum absolute atomic E-state index is 0.311. The topological polar surface area (TPSA) is 89.6 Å². The number of hydrogen-bond acceptors (Lipinski definition) is 7. The van der Waals surface area contributed by atoms with Gasteiger partial charge in [-0.2, -0.15) is 15.2 Å². The summed E-state index contributed by atoms with van der Waals surface area (Å²) in [6, 6.07) is 2.23. The Morgan fingerprint density at radius 3 is 2.81 bits per heavy atom. The largest absolute Gasteiger partial charge is 0.350 e. The van der Waals surface area contributed by atoms with Crippen molar-refractivity contribution in [2.45, 2.75) is 31.2 Å². The third-order valence-corrected chi connectivity index (χ3v) is 5.17. The molecule has 1 unspecified atom stereocenters. The van der Waals surface area contributed by atoms with Crippen LogP contribution in [0.5, 0.6) is 0 Å². The number of anilines is 2. The zero-order valence-electron chi connectivity index (χ0n) is 15.6. The summed E-state index contributed by atoms with van der Waals surface area (Å²) in [6.45, 7) is 1.77. The highest BCUT2D eigenvalue weighted by Gasteiger charge is 2.30. The Labute approximate surface area is 157 Å². The number of hydrogen-bond donors (Lipinski definition) is 1. The molecule has 0 radical (unpaired) electrons. The molecule has 5 rings (SSSR count). The van der Waals surface area contributed by atoms with E-state index in [0.717, 1.165) is 48.5 Å². The van der Waals surface area contributed by atoms with Gasteiger partial charge in [0.1, 0.15) is 0 Å². The Morgan fingerprint density at radius 1 is 1.15 bits per heavy atom. The first-order chi connectivity index (χ1) is 13.2. The van der Waals surface area contributed by atoms with E-state index < -0.39 is 0 Å². The zero-order valence-corrected chi connectivity index (χ0v) is 15.6. The van der Waals surface area contributed by atoms with Crippen LogP contribution in [0.4, 0.5) is 11.9 Å². The van der Waals surface area contributed by atoms with E-state index in [0.29, 0.717) is 12.0 Å². The van der Waals surface area contributed by atoms with Gasteiger partial charge in [-0.3, -0.25) is 4.68 Å². The molecule has 1 saturated heterocycles. The van der Waals surface area contributed by atoms with Gasteiger partial charge in [-0.25, -0.2) is 14.6 Å². The number of nitrogens with zero attached hydrogens (tertiary/aromatic N) is 8.